The van der Waals surface area contributed by atoms with Gasteiger partial charge < -0.3 is 15.4 Å². The predicted molar refractivity (Wildman–Crippen MR) is 108 cm³/mol. The lowest BCUT2D eigenvalue weighted by molar-refractivity contribution is -0.129. The van der Waals surface area contributed by atoms with Gasteiger partial charge in [0, 0.05) is 10.3 Å². The van der Waals surface area contributed by atoms with Crippen LogP contribution in [-0.2, 0) is 22.4 Å². The molecule has 146 valence electrons. The van der Waals surface area contributed by atoms with Crippen LogP contribution in [0.4, 0.5) is 5.00 Å². The highest BCUT2D eigenvalue weighted by Crippen LogP contribution is 2.41. The topological polar surface area (TPSA) is 67.4 Å². The Morgan fingerprint density at radius 2 is 1.88 bits per heavy atom. The smallest absolute Gasteiger partial charge is 0.341 e. The lowest BCUT2D eigenvalue weighted by Gasteiger charge is -2.30. The van der Waals surface area contributed by atoms with Crippen molar-refractivity contribution in [1.82, 2.24) is 5.32 Å². The lowest BCUT2D eigenvalue weighted by atomic mass is 9.95. The molecule has 1 aliphatic carbocycles. The molecule has 1 heterocycles. The molecule has 2 rings (SSSR count). The van der Waals surface area contributed by atoms with Crippen molar-refractivity contribution in [3.8, 4) is 0 Å². The number of hydrogen-bond donors (Lipinski definition) is 2. The van der Waals surface area contributed by atoms with Gasteiger partial charge in [-0.15, -0.1) is 11.3 Å². The average Bonchev–Trinajstić information content (AvgIpc) is 3.04. The zero-order valence-corrected chi connectivity index (χ0v) is 18.3. The Balaban J connectivity index is 2.34. The summed E-state index contributed by atoms with van der Waals surface area (Å²) < 4.78 is 3.39. The molecule has 0 saturated heterocycles. The number of hydrogen-bond acceptors (Lipinski definition) is 5. The Labute approximate surface area is 172 Å². The molecule has 1 aromatic rings. The fourth-order valence-corrected chi connectivity index (χ4v) is 4.24. The summed E-state index contributed by atoms with van der Waals surface area (Å²) in [6.45, 7) is 7.33. The first-order valence-electron chi connectivity index (χ1n) is 8.41. The van der Waals surface area contributed by atoms with Crippen LogP contribution in [0.1, 0.15) is 54.9 Å². The van der Waals surface area contributed by atoms with Gasteiger partial charge in [-0.05, 0) is 31.7 Å². The maximum Gasteiger partial charge on any atom is 0.341 e. The summed E-state index contributed by atoms with van der Waals surface area (Å²) in [6.07, 6.45) is 1.73. The average molecular weight is 442 g/mol. The van der Waals surface area contributed by atoms with Crippen LogP contribution < -0.4 is 10.6 Å². The fraction of sp³-hybridized carbons (Fsp3) is 0.647. The first-order valence-corrected chi connectivity index (χ1v) is 10.4. The molecule has 0 bridgehead atoms. The molecule has 1 aromatic heterocycles. The summed E-state index contributed by atoms with van der Waals surface area (Å²) in [5, 5.41) is 6.32. The van der Waals surface area contributed by atoms with Gasteiger partial charge >= 0.3 is 5.97 Å². The van der Waals surface area contributed by atoms with Crippen LogP contribution in [0.2, 0.25) is 0 Å². The van der Waals surface area contributed by atoms with Crippen LogP contribution in [0.3, 0.4) is 0 Å². The molecule has 0 unspecified atom stereocenters. The van der Waals surface area contributed by atoms with Crippen molar-refractivity contribution in [2.24, 2.45) is 5.41 Å². The number of carbonyl (C=O) groups excluding carboxylic acids is 2. The highest BCUT2D eigenvalue weighted by atomic mass is 35.6. The monoisotopic (exact) mass is 440 g/mol. The lowest BCUT2D eigenvalue weighted by Crippen LogP contribution is -2.52. The molecule has 9 heteroatoms. The maximum atomic E-state index is 12.5. The number of alkyl halides is 3. The van der Waals surface area contributed by atoms with Gasteiger partial charge in [-0.1, -0.05) is 55.6 Å². The van der Waals surface area contributed by atoms with Crippen molar-refractivity contribution < 1.29 is 14.3 Å². The van der Waals surface area contributed by atoms with E-state index in [2.05, 4.69) is 10.6 Å². The number of ether oxygens (including phenoxy) is 1. The van der Waals surface area contributed by atoms with Crippen molar-refractivity contribution in [2.75, 3.05) is 11.9 Å². The van der Waals surface area contributed by atoms with E-state index in [1.807, 2.05) is 0 Å². The van der Waals surface area contributed by atoms with Crippen LogP contribution in [0, 0.1) is 5.41 Å². The fourth-order valence-electron chi connectivity index (χ4n) is 2.60. The van der Waals surface area contributed by atoms with E-state index in [4.69, 9.17) is 39.5 Å². The Morgan fingerprint density at radius 1 is 1.23 bits per heavy atom. The van der Waals surface area contributed by atoms with E-state index in [1.54, 1.807) is 27.7 Å². The molecule has 0 radical (unpaired) electrons. The number of rotatable bonds is 5. The molecular formula is C17H23Cl3N2O3S. The van der Waals surface area contributed by atoms with E-state index in [0.717, 1.165) is 29.7 Å². The summed E-state index contributed by atoms with van der Waals surface area (Å²) in [7, 11) is 0. The van der Waals surface area contributed by atoms with Crippen LogP contribution in [-0.4, -0.2) is 28.4 Å². The summed E-state index contributed by atoms with van der Waals surface area (Å²) in [5.41, 5.74) is 0.812. The normalized spacial score (nSPS) is 15.3. The van der Waals surface area contributed by atoms with E-state index >= 15 is 0 Å². The summed E-state index contributed by atoms with van der Waals surface area (Å²) in [5.74, 6) is -0.678. The quantitative estimate of drug-likeness (QED) is 0.395. The maximum absolute atomic E-state index is 12.5. The molecule has 26 heavy (non-hydrogen) atoms. The first kappa shape index (κ1) is 21.6. The van der Waals surface area contributed by atoms with E-state index in [0.29, 0.717) is 10.6 Å². The van der Waals surface area contributed by atoms with Crippen molar-refractivity contribution in [3.63, 3.8) is 0 Å². The van der Waals surface area contributed by atoms with Crippen molar-refractivity contribution in [2.45, 2.75) is 56.9 Å². The van der Waals surface area contributed by atoms with Gasteiger partial charge in [0.15, 0.2) is 0 Å². The molecule has 2 N–H and O–H groups in total. The highest BCUT2D eigenvalue weighted by molar-refractivity contribution is 7.16. The Hall–Kier alpha value is -0.690. The Morgan fingerprint density at radius 3 is 2.42 bits per heavy atom. The van der Waals surface area contributed by atoms with Crippen molar-refractivity contribution in [3.05, 3.63) is 16.0 Å². The third-order valence-electron chi connectivity index (χ3n) is 3.96. The first-order chi connectivity index (χ1) is 11.9. The second-order valence-corrected chi connectivity index (χ2v) is 10.6. The molecule has 5 nitrogen and oxygen atoms in total. The number of anilines is 1. The molecule has 0 spiro atoms. The number of nitrogens with one attached hydrogen (secondary N) is 2. The molecule has 0 aromatic carbocycles. The van der Waals surface area contributed by atoms with Gasteiger partial charge in [0.2, 0.25) is 9.70 Å². The minimum Gasteiger partial charge on any atom is -0.462 e. The van der Waals surface area contributed by atoms with Gasteiger partial charge in [0.1, 0.15) is 11.2 Å². The molecule has 1 aliphatic rings. The Kier molecular flexibility index (Phi) is 6.76. The molecular weight excluding hydrogens is 419 g/mol. The van der Waals surface area contributed by atoms with Crippen molar-refractivity contribution >= 4 is 63.0 Å². The van der Waals surface area contributed by atoms with Gasteiger partial charge in [0.05, 0.1) is 12.2 Å². The van der Waals surface area contributed by atoms with E-state index in [1.165, 1.54) is 11.3 Å². The third kappa shape index (κ3) is 4.97. The summed E-state index contributed by atoms with van der Waals surface area (Å²) in [4.78, 5) is 25.9. The minimum atomic E-state index is -1.80. The van der Waals surface area contributed by atoms with E-state index < -0.39 is 21.3 Å². The molecule has 1 amide bonds. The predicted octanol–water partition coefficient (Wildman–Crippen LogP) is 4.68. The van der Waals surface area contributed by atoms with Gasteiger partial charge in [0.25, 0.3) is 0 Å². The second kappa shape index (κ2) is 8.13. The Bertz CT molecular complexity index is 693. The SMILES string of the molecule is CCOC(=O)c1c(N[C@H](NC(=O)C(C)(C)C)C(Cl)(Cl)Cl)sc2c1CCC2. The van der Waals surface area contributed by atoms with E-state index in [-0.39, 0.29) is 12.5 Å². The van der Waals surface area contributed by atoms with Crippen LogP contribution in [0.25, 0.3) is 0 Å². The molecule has 0 saturated carbocycles. The molecule has 0 aliphatic heterocycles. The number of aryl methyl sites for hydroxylation is 1. The number of halogens is 3. The third-order valence-corrected chi connectivity index (χ3v) is 5.84. The molecule has 0 fully saturated rings. The van der Waals surface area contributed by atoms with Crippen LogP contribution in [0.15, 0.2) is 0 Å². The van der Waals surface area contributed by atoms with Crippen LogP contribution in [0.5, 0.6) is 0 Å². The van der Waals surface area contributed by atoms with Gasteiger partial charge in [-0.2, -0.15) is 0 Å². The van der Waals surface area contributed by atoms with E-state index in [9.17, 15) is 9.59 Å². The van der Waals surface area contributed by atoms with Crippen molar-refractivity contribution in [1.29, 1.82) is 0 Å². The number of thiophene rings is 1. The number of fused-ring (bicyclic) bond motifs is 1. The number of carbonyl (C=O) groups is 2. The zero-order chi connectivity index (χ0) is 19.7. The molecule has 1 atom stereocenters. The van der Waals surface area contributed by atoms with Crippen LogP contribution >= 0.6 is 46.1 Å². The standard InChI is InChI=1S/C17H23Cl3N2O3S/c1-5-25-13(23)11-9-7-6-8-10(9)26-12(11)21-14(17(18,19)20)22-15(24)16(2,3)4/h14,21H,5-8H2,1-4H3,(H,22,24)/t14-/m1/s1. The second-order valence-electron chi connectivity index (χ2n) is 7.12. The number of amides is 1. The summed E-state index contributed by atoms with van der Waals surface area (Å²) in [6, 6.07) is 0. The largest absolute Gasteiger partial charge is 0.462 e. The summed E-state index contributed by atoms with van der Waals surface area (Å²) >= 11 is 19.7. The van der Waals surface area contributed by atoms with Gasteiger partial charge in [-0.3, -0.25) is 4.79 Å². The minimum absolute atomic E-state index is 0.275. The number of esters is 1. The zero-order valence-electron chi connectivity index (χ0n) is 15.2. The highest BCUT2D eigenvalue weighted by Gasteiger charge is 2.38. The van der Waals surface area contributed by atoms with Gasteiger partial charge in [-0.25, -0.2) is 4.79 Å².